The molecule has 24 heavy (non-hydrogen) atoms. The number of esters is 2. The molecule has 1 aromatic heterocycles. The highest BCUT2D eigenvalue weighted by Crippen LogP contribution is 2.20. The Bertz CT molecular complexity index is 595. The standard InChI is InChI=1S/C14H17N3O7/c1-4-23-13(20)11(18)16-9-6-8(22-3)7-10(15-9)17-12(19)14(21)24-5-2/h6-7H,4-5H2,1-3H3,(H2,15,16,17,18,19). The molecule has 0 unspecified atom stereocenters. The maximum absolute atomic E-state index is 11.6. The minimum atomic E-state index is -1.08. The van der Waals surface area contributed by atoms with Crippen LogP contribution in [0.1, 0.15) is 13.8 Å². The van der Waals surface area contributed by atoms with E-state index in [1.165, 1.54) is 19.2 Å². The average Bonchev–Trinajstić information content (AvgIpc) is 2.54. The monoisotopic (exact) mass is 339 g/mol. The van der Waals surface area contributed by atoms with Gasteiger partial charge in [-0.1, -0.05) is 0 Å². The lowest BCUT2D eigenvalue weighted by Gasteiger charge is -2.10. The fourth-order valence-electron chi connectivity index (χ4n) is 1.48. The van der Waals surface area contributed by atoms with Crippen LogP contribution in [0.25, 0.3) is 0 Å². The summed E-state index contributed by atoms with van der Waals surface area (Å²) in [6.07, 6.45) is 0. The van der Waals surface area contributed by atoms with Crippen molar-refractivity contribution >= 4 is 35.4 Å². The molecule has 10 nitrogen and oxygen atoms in total. The molecule has 0 radical (unpaired) electrons. The van der Waals surface area contributed by atoms with Gasteiger partial charge in [0.05, 0.1) is 20.3 Å². The highest BCUT2D eigenvalue weighted by molar-refractivity contribution is 6.38. The first-order valence-electron chi connectivity index (χ1n) is 6.93. The second-order valence-electron chi connectivity index (χ2n) is 4.13. The number of ether oxygens (including phenoxy) is 3. The van der Waals surface area contributed by atoms with E-state index in [0.717, 1.165) is 0 Å². The molecular weight excluding hydrogens is 322 g/mol. The maximum Gasteiger partial charge on any atom is 0.397 e. The van der Waals surface area contributed by atoms with Crippen molar-refractivity contribution in [1.29, 1.82) is 0 Å². The van der Waals surface area contributed by atoms with Crippen molar-refractivity contribution in [2.45, 2.75) is 13.8 Å². The SMILES string of the molecule is CCOC(=O)C(=O)Nc1cc(OC)cc(NC(=O)C(=O)OCC)n1. The third kappa shape index (κ3) is 5.55. The van der Waals surface area contributed by atoms with Gasteiger partial charge in [0, 0.05) is 12.1 Å². The van der Waals surface area contributed by atoms with Gasteiger partial charge in [-0.05, 0) is 13.8 Å². The molecule has 0 saturated carbocycles. The molecule has 1 rings (SSSR count). The maximum atomic E-state index is 11.6. The van der Waals surface area contributed by atoms with Crippen LogP contribution in [0.15, 0.2) is 12.1 Å². The Hall–Kier alpha value is -3.17. The Morgan fingerprint density at radius 2 is 1.33 bits per heavy atom. The molecule has 0 aliphatic heterocycles. The molecule has 10 heteroatoms. The number of amides is 2. The van der Waals surface area contributed by atoms with E-state index in [9.17, 15) is 19.2 Å². The summed E-state index contributed by atoms with van der Waals surface area (Å²) >= 11 is 0. The summed E-state index contributed by atoms with van der Waals surface area (Å²) in [5, 5.41) is 4.39. The number of carbonyl (C=O) groups is 4. The summed E-state index contributed by atoms with van der Waals surface area (Å²) < 4.78 is 14.1. The van der Waals surface area contributed by atoms with Gasteiger partial charge in [0.15, 0.2) is 0 Å². The van der Waals surface area contributed by atoms with Crippen LogP contribution < -0.4 is 15.4 Å². The fraction of sp³-hybridized carbons (Fsp3) is 0.357. The molecule has 0 fully saturated rings. The molecule has 0 aliphatic rings. The number of nitrogens with one attached hydrogen (secondary N) is 2. The number of rotatable bonds is 5. The number of pyridine rings is 1. The van der Waals surface area contributed by atoms with Crippen LogP contribution in [-0.2, 0) is 28.7 Å². The first-order valence-corrected chi connectivity index (χ1v) is 6.93. The van der Waals surface area contributed by atoms with Crippen LogP contribution in [0.4, 0.5) is 11.6 Å². The van der Waals surface area contributed by atoms with Crippen molar-refractivity contribution in [2.24, 2.45) is 0 Å². The number of carbonyl (C=O) groups excluding carboxylic acids is 4. The van der Waals surface area contributed by atoms with Crippen molar-refractivity contribution in [3.63, 3.8) is 0 Å². The molecule has 0 bridgehead atoms. The van der Waals surface area contributed by atoms with Gasteiger partial charge in [-0.25, -0.2) is 14.6 Å². The molecule has 0 spiro atoms. The number of nitrogens with zero attached hydrogens (tertiary/aromatic N) is 1. The van der Waals surface area contributed by atoms with Crippen molar-refractivity contribution in [1.82, 2.24) is 4.98 Å². The van der Waals surface area contributed by atoms with Crippen LogP contribution in [0.2, 0.25) is 0 Å². The summed E-state index contributed by atoms with van der Waals surface area (Å²) in [6.45, 7) is 3.19. The Morgan fingerprint density at radius 1 is 0.917 bits per heavy atom. The van der Waals surface area contributed by atoms with Gasteiger partial charge >= 0.3 is 23.8 Å². The number of hydrogen-bond acceptors (Lipinski definition) is 8. The Labute approximate surface area is 137 Å². The Morgan fingerprint density at radius 3 is 1.67 bits per heavy atom. The number of hydrogen-bond donors (Lipinski definition) is 2. The zero-order chi connectivity index (χ0) is 18.1. The summed E-state index contributed by atoms with van der Waals surface area (Å²) in [6, 6.07) is 2.63. The van der Waals surface area contributed by atoms with Gasteiger partial charge in [-0.3, -0.25) is 9.59 Å². The third-order valence-corrected chi connectivity index (χ3v) is 2.44. The summed E-state index contributed by atoms with van der Waals surface area (Å²) in [7, 11) is 1.35. The first kappa shape index (κ1) is 18.9. The summed E-state index contributed by atoms with van der Waals surface area (Å²) in [5.74, 6) is -4.18. The van der Waals surface area contributed by atoms with E-state index in [1.807, 2.05) is 0 Å². The van der Waals surface area contributed by atoms with Crippen molar-refractivity contribution < 1.29 is 33.4 Å². The van der Waals surface area contributed by atoms with Gasteiger partial charge < -0.3 is 24.8 Å². The van der Waals surface area contributed by atoms with E-state index in [0.29, 0.717) is 0 Å². The molecule has 2 N–H and O–H groups in total. The van der Waals surface area contributed by atoms with Crippen molar-refractivity contribution in [3.05, 3.63) is 12.1 Å². The summed E-state index contributed by atoms with van der Waals surface area (Å²) in [4.78, 5) is 49.7. The number of methoxy groups -OCH3 is 1. The van der Waals surface area contributed by atoms with Crippen LogP contribution in [0, 0.1) is 0 Å². The molecule has 2 amide bonds. The zero-order valence-corrected chi connectivity index (χ0v) is 13.4. The second kappa shape index (κ2) is 9.08. The normalized spacial score (nSPS) is 9.62. The molecular formula is C14H17N3O7. The number of aromatic nitrogens is 1. The van der Waals surface area contributed by atoms with E-state index in [4.69, 9.17) is 4.74 Å². The summed E-state index contributed by atoms with van der Waals surface area (Å²) in [5.41, 5.74) is 0. The molecule has 1 aromatic rings. The lowest BCUT2D eigenvalue weighted by atomic mass is 10.4. The van der Waals surface area contributed by atoms with Crippen molar-refractivity contribution in [2.75, 3.05) is 31.0 Å². The molecule has 0 aromatic carbocycles. The van der Waals surface area contributed by atoms with E-state index < -0.39 is 23.8 Å². The third-order valence-electron chi connectivity index (χ3n) is 2.44. The van der Waals surface area contributed by atoms with Crippen LogP contribution >= 0.6 is 0 Å². The van der Waals surface area contributed by atoms with Gasteiger partial charge in [0.25, 0.3) is 0 Å². The van der Waals surface area contributed by atoms with Crippen LogP contribution in [-0.4, -0.2) is 49.1 Å². The van der Waals surface area contributed by atoms with E-state index in [-0.39, 0.29) is 30.6 Å². The predicted octanol–water partition coefficient (Wildman–Crippen LogP) is 0.0934. The quantitative estimate of drug-likeness (QED) is 0.570. The van der Waals surface area contributed by atoms with Crippen molar-refractivity contribution in [3.8, 4) is 5.75 Å². The van der Waals surface area contributed by atoms with Gasteiger partial charge in [-0.2, -0.15) is 0 Å². The average molecular weight is 339 g/mol. The second-order valence-corrected chi connectivity index (χ2v) is 4.13. The topological polar surface area (TPSA) is 133 Å². The van der Waals surface area contributed by atoms with E-state index in [1.54, 1.807) is 13.8 Å². The molecule has 0 aliphatic carbocycles. The Balaban J connectivity index is 2.92. The minimum Gasteiger partial charge on any atom is -0.496 e. The van der Waals surface area contributed by atoms with Gasteiger partial charge in [-0.15, -0.1) is 0 Å². The lowest BCUT2D eigenvalue weighted by Crippen LogP contribution is -2.27. The van der Waals surface area contributed by atoms with Gasteiger partial charge in [0.1, 0.15) is 17.4 Å². The Kier molecular flexibility index (Phi) is 7.14. The van der Waals surface area contributed by atoms with Crippen LogP contribution in [0.3, 0.4) is 0 Å². The fourth-order valence-corrected chi connectivity index (χ4v) is 1.48. The van der Waals surface area contributed by atoms with E-state index in [2.05, 4.69) is 25.1 Å². The lowest BCUT2D eigenvalue weighted by molar-refractivity contribution is -0.152. The first-order chi connectivity index (χ1) is 11.4. The van der Waals surface area contributed by atoms with Crippen LogP contribution in [0.5, 0.6) is 5.75 Å². The zero-order valence-electron chi connectivity index (χ0n) is 13.4. The molecule has 0 atom stereocenters. The largest absolute Gasteiger partial charge is 0.496 e. The minimum absolute atomic E-state index is 0.0403. The molecule has 0 saturated heterocycles. The number of anilines is 2. The van der Waals surface area contributed by atoms with Gasteiger partial charge in [0.2, 0.25) is 0 Å². The predicted molar refractivity (Wildman–Crippen MR) is 81.3 cm³/mol. The smallest absolute Gasteiger partial charge is 0.397 e. The highest BCUT2D eigenvalue weighted by Gasteiger charge is 2.19. The molecule has 130 valence electrons. The highest BCUT2D eigenvalue weighted by atomic mass is 16.5. The van der Waals surface area contributed by atoms with E-state index >= 15 is 0 Å². The molecule has 1 heterocycles.